The number of thiazole rings is 1. The van der Waals surface area contributed by atoms with Crippen molar-refractivity contribution in [3.05, 3.63) is 69.7 Å². The first-order valence-electron chi connectivity index (χ1n) is 22.8. The number of methoxy groups -OCH3 is 1. The number of carbonyl (C=O) groups excluding carboxylic acids is 4. The van der Waals surface area contributed by atoms with Crippen molar-refractivity contribution in [3.63, 3.8) is 0 Å². The molecule has 2 aliphatic heterocycles. The fraction of sp³-hybridized carbons (Fsp3) is 0.542. The number of hydrogen-bond acceptors (Lipinski definition) is 12. The van der Waals surface area contributed by atoms with E-state index in [-0.39, 0.29) is 43.7 Å². The van der Waals surface area contributed by atoms with Crippen LogP contribution < -0.4 is 10.7 Å². The zero-order valence-electron chi connectivity index (χ0n) is 39.6. The van der Waals surface area contributed by atoms with E-state index in [2.05, 4.69) is 15.7 Å². The molecule has 1 saturated heterocycles. The molecule has 0 spiro atoms. The van der Waals surface area contributed by atoms with Crippen molar-refractivity contribution in [3.8, 4) is 22.5 Å². The van der Waals surface area contributed by atoms with Crippen LogP contribution in [-0.4, -0.2) is 114 Å². The van der Waals surface area contributed by atoms with Gasteiger partial charge in [-0.15, -0.1) is 11.3 Å². The Labute approximate surface area is 398 Å². The van der Waals surface area contributed by atoms with E-state index in [1.54, 1.807) is 69.7 Å². The van der Waals surface area contributed by atoms with Crippen LogP contribution in [-0.2, 0) is 57.9 Å². The van der Waals surface area contributed by atoms with E-state index in [1.807, 2.05) is 19.9 Å². The Morgan fingerprint density at radius 3 is 2.57 bits per heavy atom. The number of cyclic esters (lactones) is 1. The molecule has 0 unspecified atom stereocenters. The number of carbonyl (C=O) groups is 4. The van der Waals surface area contributed by atoms with Gasteiger partial charge in [0.25, 0.3) is 5.91 Å². The van der Waals surface area contributed by atoms with Gasteiger partial charge in [-0.05, 0) is 80.7 Å². The lowest BCUT2D eigenvalue weighted by molar-refractivity contribution is -0.155. The number of allylic oxidation sites excluding steroid dienone is 1. The molecule has 7 rings (SSSR count). The lowest BCUT2D eigenvalue weighted by Gasteiger charge is -2.39. The van der Waals surface area contributed by atoms with Crippen molar-refractivity contribution in [2.45, 2.75) is 110 Å². The lowest BCUT2D eigenvalue weighted by Crippen LogP contribution is -2.62. The Morgan fingerprint density at radius 2 is 1.90 bits per heavy atom. The second-order valence-electron chi connectivity index (χ2n) is 19.5. The number of amides is 3. The van der Waals surface area contributed by atoms with Gasteiger partial charge in [-0.25, -0.2) is 18.8 Å². The van der Waals surface area contributed by atoms with Gasteiger partial charge in [-0.1, -0.05) is 39.8 Å². The summed E-state index contributed by atoms with van der Waals surface area (Å²) in [5.41, 5.74) is 5.52. The molecule has 6 bridgehead atoms. The number of ether oxygens (including phenoxy) is 2. The van der Waals surface area contributed by atoms with Crippen LogP contribution in [0.25, 0.3) is 33.4 Å². The summed E-state index contributed by atoms with van der Waals surface area (Å²) in [6.07, 6.45) is 0.905. The third-order valence-corrected chi connectivity index (χ3v) is 14.5. The SMILES string of the molecule is CO[C@@H](C)c1ncccc1-c1c2c3cc(ccc3n1CC(F)(F)F)-c1csc(n1)C[C@H](NC(=O)[C@H](C(C)C)N(C)C(=O)C1CC(/C=C/S(C)(=O)=O)C1)C(=O)N1CCC[C@H](N1)C(=O)OCC(C)(C)C2. The van der Waals surface area contributed by atoms with Crippen LogP contribution in [0.4, 0.5) is 13.2 Å². The summed E-state index contributed by atoms with van der Waals surface area (Å²) in [7, 11) is -0.259. The number of rotatable bonds is 11. The zero-order valence-corrected chi connectivity index (χ0v) is 41.2. The quantitative estimate of drug-likeness (QED) is 0.151. The number of aromatic nitrogens is 3. The normalized spacial score (nSPS) is 22.4. The predicted octanol–water partition coefficient (Wildman–Crippen LogP) is 6.81. The lowest BCUT2D eigenvalue weighted by atomic mass is 9.74. The summed E-state index contributed by atoms with van der Waals surface area (Å²) < 4.78 is 80.1. The Balaban J connectivity index is 1.28. The molecule has 3 aliphatic rings. The predicted molar refractivity (Wildman–Crippen MR) is 251 cm³/mol. The third kappa shape index (κ3) is 11.5. The van der Waals surface area contributed by atoms with Crippen LogP contribution in [0.1, 0.15) is 82.7 Å². The van der Waals surface area contributed by atoms with Crippen LogP contribution in [0.5, 0.6) is 0 Å². The van der Waals surface area contributed by atoms with Gasteiger partial charge in [0.15, 0.2) is 9.84 Å². The second-order valence-corrected chi connectivity index (χ2v) is 22.3. The maximum absolute atomic E-state index is 14.6. The second kappa shape index (κ2) is 20.0. The summed E-state index contributed by atoms with van der Waals surface area (Å²) in [6.45, 7) is 7.97. The average Bonchev–Trinajstić information content (AvgIpc) is 3.84. The Morgan fingerprint density at radius 1 is 1.16 bits per heavy atom. The molecule has 15 nitrogen and oxygen atoms in total. The van der Waals surface area contributed by atoms with Crippen LogP contribution in [0, 0.1) is 23.2 Å². The van der Waals surface area contributed by atoms with E-state index in [1.165, 1.54) is 32.9 Å². The number of esters is 1. The number of hydrazine groups is 1. The van der Waals surface area contributed by atoms with Gasteiger partial charge in [0, 0.05) is 83.7 Å². The zero-order chi connectivity index (χ0) is 49.5. The van der Waals surface area contributed by atoms with Crippen LogP contribution in [0.3, 0.4) is 0 Å². The first-order valence-corrected chi connectivity index (χ1v) is 25.6. The highest BCUT2D eigenvalue weighted by Gasteiger charge is 2.42. The summed E-state index contributed by atoms with van der Waals surface area (Å²) in [5.74, 6) is -2.84. The number of halogens is 3. The number of benzene rings is 1. The van der Waals surface area contributed by atoms with E-state index in [4.69, 9.17) is 14.5 Å². The number of hydrogen-bond donors (Lipinski definition) is 2. The molecule has 1 aliphatic carbocycles. The maximum atomic E-state index is 14.6. The monoisotopic (exact) mass is 983 g/mol. The number of sulfone groups is 1. The maximum Gasteiger partial charge on any atom is 0.406 e. The fourth-order valence-electron chi connectivity index (χ4n) is 9.46. The summed E-state index contributed by atoms with van der Waals surface area (Å²) >= 11 is 1.25. The van der Waals surface area contributed by atoms with E-state index in [9.17, 15) is 40.8 Å². The van der Waals surface area contributed by atoms with Crippen molar-refractivity contribution in [2.75, 3.05) is 33.6 Å². The molecule has 68 heavy (non-hydrogen) atoms. The van der Waals surface area contributed by atoms with E-state index < -0.39 is 75.9 Å². The molecule has 3 aromatic heterocycles. The van der Waals surface area contributed by atoms with Crippen LogP contribution in [0.2, 0.25) is 0 Å². The topological polar surface area (TPSA) is 182 Å². The number of pyridine rings is 1. The molecule has 368 valence electrons. The first-order chi connectivity index (χ1) is 31.9. The Hall–Kier alpha value is -5.18. The molecule has 1 saturated carbocycles. The number of nitrogens with one attached hydrogen (secondary N) is 2. The molecule has 20 heteroatoms. The van der Waals surface area contributed by atoms with Crippen molar-refractivity contribution in [1.29, 1.82) is 0 Å². The number of alkyl halides is 3. The highest BCUT2D eigenvalue weighted by atomic mass is 32.2. The van der Waals surface area contributed by atoms with Crippen molar-refractivity contribution >= 4 is 55.8 Å². The van der Waals surface area contributed by atoms with Gasteiger partial charge < -0.3 is 24.3 Å². The molecule has 2 N–H and O–H groups in total. The van der Waals surface area contributed by atoms with E-state index >= 15 is 0 Å². The smallest absolute Gasteiger partial charge is 0.406 e. The van der Waals surface area contributed by atoms with Gasteiger partial charge in [-0.3, -0.25) is 29.2 Å². The van der Waals surface area contributed by atoms with Gasteiger partial charge in [-0.2, -0.15) is 13.2 Å². The largest absolute Gasteiger partial charge is 0.464 e. The van der Waals surface area contributed by atoms with Crippen molar-refractivity contribution in [2.24, 2.45) is 23.2 Å². The van der Waals surface area contributed by atoms with Gasteiger partial charge in [0.2, 0.25) is 11.8 Å². The minimum atomic E-state index is -4.60. The van der Waals surface area contributed by atoms with E-state index in [0.29, 0.717) is 75.4 Å². The van der Waals surface area contributed by atoms with Gasteiger partial charge in [0.05, 0.1) is 34.8 Å². The average molecular weight is 984 g/mol. The van der Waals surface area contributed by atoms with Crippen LogP contribution in [0.15, 0.2) is 53.4 Å². The number of nitrogens with zero attached hydrogens (tertiary/aromatic N) is 5. The van der Waals surface area contributed by atoms with E-state index in [0.717, 1.165) is 11.7 Å². The molecule has 4 aromatic rings. The summed E-state index contributed by atoms with van der Waals surface area (Å²) in [4.78, 5) is 67.4. The Bertz CT molecular complexity index is 2690. The van der Waals surface area contributed by atoms with Crippen molar-refractivity contribution in [1.82, 2.24) is 35.2 Å². The molecule has 4 atom stereocenters. The third-order valence-electron chi connectivity index (χ3n) is 13.0. The summed E-state index contributed by atoms with van der Waals surface area (Å²) in [5, 5.41) is 8.21. The summed E-state index contributed by atoms with van der Waals surface area (Å²) in [6, 6.07) is 5.50. The molecule has 5 heterocycles. The van der Waals surface area contributed by atoms with Crippen LogP contribution >= 0.6 is 11.3 Å². The highest BCUT2D eigenvalue weighted by Crippen LogP contribution is 2.43. The Kier molecular flexibility index (Phi) is 14.9. The van der Waals surface area contributed by atoms with Gasteiger partial charge >= 0.3 is 12.1 Å². The number of fused-ring (bicyclic) bond motifs is 6. The van der Waals surface area contributed by atoms with Crippen molar-refractivity contribution < 1.29 is 50.2 Å². The fourth-order valence-corrected chi connectivity index (χ4v) is 10.8. The molecule has 2 fully saturated rings. The molecular weight excluding hydrogens is 924 g/mol. The molecule has 3 amide bonds. The molecular formula is C48H60F3N7O8S2. The highest BCUT2D eigenvalue weighted by molar-refractivity contribution is 7.93. The minimum absolute atomic E-state index is 0.0583. The standard InChI is InChI=1S/C48H60F3N7O8S2/c1-27(2)41(56(6)44(60)31-19-29(20-31)15-18-68(8,63)64)43(59)54-36-22-39-53-37(24-67-39)30-13-14-38-33(21-30)34(23-47(4,5)26-66-46(62)35-12-10-17-58(55-35)45(36)61)42(57(38)25-48(49,50)51)32-11-9-16-52-40(32)28(3)65-7/h9,11,13-16,18,21,24,27-29,31,35-36,41,55H,10,12,17,19-20,22-23,25-26H2,1-8H3,(H,54,59)/b18-15+/t28-,29?,31?,35-,36-,41-/m0/s1. The minimum Gasteiger partial charge on any atom is -0.464 e. The number of likely N-dealkylation sites (N-methyl/N-ethyl adjacent to an activating group) is 1. The molecule has 1 aromatic carbocycles. The molecule has 0 radical (unpaired) electrons. The first kappa shape index (κ1) is 50.7. The van der Waals surface area contributed by atoms with Gasteiger partial charge in [0.1, 0.15) is 24.7 Å².